The summed E-state index contributed by atoms with van der Waals surface area (Å²) in [6.45, 7) is 3.77. The van der Waals surface area contributed by atoms with Crippen molar-refractivity contribution >= 4 is 17.0 Å². The molecule has 90 valence electrons. The molecule has 2 aromatic rings. The van der Waals surface area contributed by atoms with Crippen LogP contribution in [0.2, 0.25) is 0 Å². The zero-order valence-corrected chi connectivity index (χ0v) is 10.3. The van der Waals surface area contributed by atoms with Crippen LogP contribution in [-0.2, 0) is 0 Å². The molecule has 1 atom stereocenters. The highest BCUT2D eigenvalue weighted by molar-refractivity contribution is 7.09. The number of hydrogen-bond donors (Lipinski definition) is 1. The number of hydrogen-bond acceptors (Lipinski definition) is 3. The Morgan fingerprint density at radius 3 is 2.76 bits per heavy atom. The average molecular weight is 254 g/mol. The maximum Gasteiger partial charge on any atom is 0.181 e. The van der Waals surface area contributed by atoms with Gasteiger partial charge in [-0.05, 0) is 26.0 Å². The van der Waals surface area contributed by atoms with E-state index in [0.29, 0.717) is 0 Å². The third kappa shape index (κ3) is 2.61. The van der Waals surface area contributed by atoms with Crippen molar-refractivity contribution in [3.63, 3.8) is 0 Å². The quantitative estimate of drug-likeness (QED) is 0.898. The zero-order chi connectivity index (χ0) is 12.4. The van der Waals surface area contributed by atoms with Crippen LogP contribution in [0.5, 0.6) is 0 Å². The van der Waals surface area contributed by atoms with Gasteiger partial charge in [-0.2, -0.15) is 0 Å². The number of rotatable bonds is 3. The Balaban J connectivity index is 2.18. The predicted molar refractivity (Wildman–Crippen MR) is 65.2 cm³/mol. The van der Waals surface area contributed by atoms with Crippen LogP contribution in [0.1, 0.15) is 23.7 Å². The first-order chi connectivity index (χ1) is 8.08. The third-order valence-electron chi connectivity index (χ3n) is 2.40. The Morgan fingerprint density at radius 2 is 2.12 bits per heavy atom. The van der Waals surface area contributed by atoms with Crippen LogP contribution in [-0.4, -0.2) is 4.98 Å². The molecule has 1 unspecified atom stereocenters. The molecular weight excluding hydrogens is 242 g/mol. The number of benzene rings is 1. The second kappa shape index (κ2) is 4.79. The lowest BCUT2D eigenvalue weighted by molar-refractivity contribution is 0.510. The first kappa shape index (κ1) is 12.0. The molecule has 17 heavy (non-hydrogen) atoms. The van der Waals surface area contributed by atoms with Crippen LogP contribution >= 0.6 is 11.3 Å². The van der Waals surface area contributed by atoms with Crippen molar-refractivity contribution in [1.29, 1.82) is 0 Å². The number of halogens is 2. The van der Waals surface area contributed by atoms with Crippen LogP contribution in [0.3, 0.4) is 0 Å². The molecular formula is C12H12F2N2S. The van der Waals surface area contributed by atoms with Crippen LogP contribution in [0, 0.1) is 18.6 Å². The third-order valence-corrected chi connectivity index (χ3v) is 3.20. The van der Waals surface area contributed by atoms with E-state index in [1.165, 1.54) is 23.5 Å². The van der Waals surface area contributed by atoms with Crippen molar-refractivity contribution in [3.8, 4) is 0 Å². The van der Waals surface area contributed by atoms with E-state index in [2.05, 4.69) is 10.3 Å². The standard InChI is InChI=1S/C12H12F2N2S/c1-7(11-6-17-8(2)16-11)15-10-5-3-4-9(13)12(10)14/h3-7,15H,1-2H3. The summed E-state index contributed by atoms with van der Waals surface area (Å²) in [5.41, 5.74) is 0.985. The van der Waals surface area contributed by atoms with E-state index >= 15 is 0 Å². The molecule has 1 aromatic heterocycles. The van der Waals surface area contributed by atoms with Gasteiger partial charge in [0.15, 0.2) is 11.6 Å². The summed E-state index contributed by atoms with van der Waals surface area (Å²) in [5.74, 6) is -1.71. The molecule has 1 heterocycles. The number of thiazole rings is 1. The second-order valence-electron chi connectivity index (χ2n) is 3.76. The van der Waals surface area contributed by atoms with Crippen molar-refractivity contribution < 1.29 is 8.78 Å². The molecule has 0 bridgehead atoms. The van der Waals surface area contributed by atoms with Crippen LogP contribution in [0.4, 0.5) is 14.5 Å². The summed E-state index contributed by atoms with van der Waals surface area (Å²) in [7, 11) is 0. The summed E-state index contributed by atoms with van der Waals surface area (Å²) in [6, 6.07) is 3.92. The van der Waals surface area contributed by atoms with E-state index in [-0.39, 0.29) is 11.7 Å². The molecule has 0 saturated heterocycles. The molecule has 2 nitrogen and oxygen atoms in total. The van der Waals surface area contributed by atoms with Crippen molar-refractivity contribution in [2.75, 3.05) is 5.32 Å². The minimum absolute atomic E-state index is 0.156. The van der Waals surface area contributed by atoms with Gasteiger partial charge in [0.05, 0.1) is 22.4 Å². The maximum absolute atomic E-state index is 13.4. The second-order valence-corrected chi connectivity index (χ2v) is 4.82. The lowest BCUT2D eigenvalue weighted by atomic mass is 10.2. The molecule has 0 aliphatic rings. The first-order valence-electron chi connectivity index (χ1n) is 5.20. The summed E-state index contributed by atoms with van der Waals surface area (Å²) in [5, 5.41) is 5.77. The highest BCUT2D eigenvalue weighted by atomic mass is 32.1. The minimum atomic E-state index is -0.855. The van der Waals surface area contributed by atoms with Gasteiger partial charge in [0.2, 0.25) is 0 Å². The highest BCUT2D eigenvalue weighted by Gasteiger charge is 2.13. The lowest BCUT2D eigenvalue weighted by Gasteiger charge is -2.13. The summed E-state index contributed by atoms with van der Waals surface area (Å²) in [6.07, 6.45) is 0. The lowest BCUT2D eigenvalue weighted by Crippen LogP contribution is -2.09. The molecule has 0 aliphatic carbocycles. The number of aromatic nitrogens is 1. The fourth-order valence-corrected chi connectivity index (χ4v) is 2.21. The highest BCUT2D eigenvalue weighted by Crippen LogP contribution is 2.23. The van der Waals surface area contributed by atoms with Gasteiger partial charge in [0.25, 0.3) is 0 Å². The largest absolute Gasteiger partial charge is 0.374 e. The molecule has 0 spiro atoms. The van der Waals surface area contributed by atoms with Crippen molar-refractivity contribution in [2.24, 2.45) is 0 Å². The van der Waals surface area contributed by atoms with Crippen LogP contribution in [0.25, 0.3) is 0 Å². The molecule has 0 amide bonds. The Hall–Kier alpha value is -1.49. The van der Waals surface area contributed by atoms with Gasteiger partial charge in [0, 0.05) is 5.38 Å². The first-order valence-corrected chi connectivity index (χ1v) is 6.08. The Morgan fingerprint density at radius 1 is 1.35 bits per heavy atom. The molecule has 0 aliphatic heterocycles. The van der Waals surface area contributed by atoms with E-state index in [4.69, 9.17) is 0 Å². The Kier molecular flexibility index (Phi) is 3.38. The normalized spacial score (nSPS) is 12.5. The predicted octanol–water partition coefficient (Wildman–Crippen LogP) is 3.90. The number of aryl methyl sites for hydroxylation is 1. The van der Waals surface area contributed by atoms with Crippen molar-refractivity contribution in [1.82, 2.24) is 4.98 Å². The number of nitrogens with one attached hydrogen (secondary N) is 1. The minimum Gasteiger partial charge on any atom is -0.374 e. The summed E-state index contributed by atoms with van der Waals surface area (Å²) >= 11 is 1.53. The van der Waals surface area contributed by atoms with Gasteiger partial charge in [-0.25, -0.2) is 13.8 Å². The fourth-order valence-electron chi connectivity index (χ4n) is 1.50. The smallest absolute Gasteiger partial charge is 0.181 e. The van der Waals surface area contributed by atoms with Crippen molar-refractivity contribution in [3.05, 3.63) is 45.9 Å². The monoisotopic (exact) mass is 254 g/mol. The summed E-state index contributed by atoms with van der Waals surface area (Å²) < 4.78 is 26.4. The molecule has 0 fully saturated rings. The van der Waals surface area contributed by atoms with Gasteiger partial charge < -0.3 is 5.32 Å². The van der Waals surface area contributed by atoms with Gasteiger partial charge in [-0.1, -0.05) is 6.07 Å². The maximum atomic E-state index is 13.4. The van der Waals surface area contributed by atoms with Crippen LogP contribution in [0.15, 0.2) is 23.6 Å². The average Bonchev–Trinajstić information content (AvgIpc) is 2.72. The molecule has 5 heteroatoms. The van der Waals surface area contributed by atoms with E-state index in [0.717, 1.165) is 16.8 Å². The SMILES string of the molecule is Cc1nc(C(C)Nc2cccc(F)c2F)cs1. The van der Waals surface area contributed by atoms with E-state index in [9.17, 15) is 8.78 Å². The van der Waals surface area contributed by atoms with E-state index in [1.54, 1.807) is 0 Å². The van der Waals surface area contributed by atoms with Gasteiger partial charge in [-0.15, -0.1) is 11.3 Å². The van der Waals surface area contributed by atoms with E-state index < -0.39 is 11.6 Å². The topological polar surface area (TPSA) is 24.9 Å². The van der Waals surface area contributed by atoms with Crippen LogP contribution < -0.4 is 5.32 Å². The molecule has 0 radical (unpaired) electrons. The molecule has 2 rings (SSSR count). The van der Waals surface area contributed by atoms with Gasteiger partial charge in [0.1, 0.15) is 0 Å². The fraction of sp³-hybridized carbons (Fsp3) is 0.250. The molecule has 1 N–H and O–H groups in total. The Bertz CT molecular complexity index is 525. The van der Waals surface area contributed by atoms with E-state index in [1.807, 2.05) is 19.2 Å². The molecule has 1 aromatic carbocycles. The van der Waals surface area contributed by atoms with Crippen molar-refractivity contribution in [2.45, 2.75) is 19.9 Å². The number of nitrogens with zero attached hydrogens (tertiary/aromatic N) is 1. The molecule has 0 saturated carbocycles. The van der Waals surface area contributed by atoms with Gasteiger partial charge in [-0.3, -0.25) is 0 Å². The van der Waals surface area contributed by atoms with Gasteiger partial charge >= 0.3 is 0 Å². The zero-order valence-electron chi connectivity index (χ0n) is 9.50. The summed E-state index contributed by atoms with van der Waals surface area (Å²) in [4.78, 5) is 4.30. The number of anilines is 1. The Labute approximate surface area is 102 Å².